The van der Waals surface area contributed by atoms with Gasteiger partial charge in [-0.1, -0.05) is 12.8 Å². The van der Waals surface area contributed by atoms with Crippen LogP contribution in [-0.2, 0) is 16.0 Å². The van der Waals surface area contributed by atoms with E-state index in [9.17, 15) is 26.4 Å². The molecule has 3 aliphatic carbocycles. The number of sulfone groups is 1. The predicted molar refractivity (Wildman–Crippen MR) is 131 cm³/mol. The molecule has 0 aromatic carbocycles. The lowest BCUT2D eigenvalue weighted by Crippen LogP contribution is -2.43. The molecular formula is C25H36F3N3O4S. The van der Waals surface area contributed by atoms with E-state index < -0.39 is 38.7 Å². The van der Waals surface area contributed by atoms with Crippen LogP contribution in [0.5, 0.6) is 5.88 Å². The van der Waals surface area contributed by atoms with Crippen LogP contribution < -0.4 is 15.0 Å². The van der Waals surface area contributed by atoms with Crippen molar-refractivity contribution >= 4 is 21.4 Å². The number of methoxy groups -OCH3 is 1. The Hall–Kier alpha value is -2.04. The van der Waals surface area contributed by atoms with Crippen molar-refractivity contribution in [2.45, 2.75) is 62.8 Å². The van der Waals surface area contributed by atoms with Gasteiger partial charge in [0, 0.05) is 20.6 Å². The van der Waals surface area contributed by atoms with Gasteiger partial charge in [0.1, 0.15) is 5.56 Å². The highest BCUT2D eigenvalue weighted by atomic mass is 32.2. The van der Waals surface area contributed by atoms with Gasteiger partial charge in [0.2, 0.25) is 5.88 Å². The lowest BCUT2D eigenvalue weighted by Gasteiger charge is -2.36. The van der Waals surface area contributed by atoms with Gasteiger partial charge in [-0.05, 0) is 68.3 Å². The molecule has 1 heterocycles. The number of nitrogens with zero attached hydrogens (tertiary/aromatic N) is 2. The van der Waals surface area contributed by atoms with Crippen molar-refractivity contribution in [3.05, 3.63) is 17.3 Å². The van der Waals surface area contributed by atoms with E-state index >= 15 is 0 Å². The number of aromatic nitrogens is 1. The van der Waals surface area contributed by atoms with E-state index in [2.05, 4.69) is 10.3 Å². The highest BCUT2D eigenvalue weighted by molar-refractivity contribution is 7.92. The second-order valence-corrected chi connectivity index (χ2v) is 13.2. The molecule has 0 bridgehead atoms. The highest BCUT2D eigenvalue weighted by Crippen LogP contribution is 2.44. The zero-order valence-electron chi connectivity index (χ0n) is 21.1. The number of nitrogens with one attached hydrogen (secondary N) is 1. The molecular weight excluding hydrogens is 495 g/mol. The van der Waals surface area contributed by atoms with Crippen molar-refractivity contribution in [3.8, 4) is 5.88 Å². The van der Waals surface area contributed by atoms with Crippen LogP contribution in [0, 0.1) is 23.7 Å². The fraction of sp³-hybridized carbons (Fsp3) is 0.760. The number of carbonyl (C=O) groups excluding carboxylic acids is 1. The number of rotatable bonds is 10. The Bertz CT molecular complexity index is 1070. The second kappa shape index (κ2) is 10.4. The Labute approximate surface area is 211 Å². The lowest BCUT2D eigenvalue weighted by atomic mass is 9.78. The number of hydrogen-bond donors (Lipinski definition) is 1. The van der Waals surface area contributed by atoms with Crippen molar-refractivity contribution in [3.63, 3.8) is 0 Å². The summed E-state index contributed by atoms with van der Waals surface area (Å²) in [5.41, 5.74) is -1.22. The lowest BCUT2D eigenvalue weighted by molar-refractivity contribution is -0.141. The molecule has 0 radical (unpaired) electrons. The zero-order valence-corrected chi connectivity index (χ0v) is 21.9. The molecule has 36 heavy (non-hydrogen) atoms. The monoisotopic (exact) mass is 531 g/mol. The molecule has 3 fully saturated rings. The summed E-state index contributed by atoms with van der Waals surface area (Å²) in [5.74, 6) is 0.350. The molecule has 11 heteroatoms. The van der Waals surface area contributed by atoms with Gasteiger partial charge >= 0.3 is 6.18 Å². The van der Waals surface area contributed by atoms with Crippen LogP contribution in [0.1, 0.15) is 67.4 Å². The standard InChI is InChI=1S/C25H36F3N3O4S/c1-31(2)19-12-21(25(26,27)28)30-24(35-3)22(19)23(32)29-13-18-11-17(10-15-4-5-15)8-9-20(18)36(33,34)14-16-6-7-16/h12,15-18,20H,4-11,13-14H2,1-3H3,(H,29,32). The van der Waals surface area contributed by atoms with Crippen LogP contribution in [0.25, 0.3) is 0 Å². The maximum atomic E-state index is 13.4. The van der Waals surface area contributed by atoms with Crippen molar-refractivity contribution in [2.75, 3.05) is 38.4 Å². The number of ether oxygens (including phenoxy) is 1. The molecule has 0 spiro atoms. The second-order valence-electron chi connectivity index (χ2n) is 10.9. The van der Waals surface area contributed by atoms with Crippen molar-refractivity contribution < 1.29 is 31.1 Å². The van der Waals surface area contributed by atoms with Crippen LogP contribution >= 0.6 is 0 Å². The summed E-state index contributed by atoms with van der Waals surface area (Å²) < 4.78 is 71.6. The van der Waals surface area contributed by atoms with Crippen LogP contribution in [0.4, 0.5) is 18.9 Å². The third kappa shape index (κ3) is 6.44. The van der Waals surface area contributed by atoms with Gasteiger partial charge in [-0.2, -0.15) is 13.2 Å². The summed E-state index contributed by atoms with van der Waals surface area (Å²) in [6.45, 7) is 0.144. The van der Waals surface area contributed by atoms with E-state index in [0.29, 0.717) is 12.3 Å². The summed E-state index contributed by atoms with van der Waals surface area (Å²) in [7, 11) is 0.948. The quantitative estimate of drug-likeness (QED) is 0.484. The molecule has 3 aliphatic rings. The summed E-state index contributed by atoms with van der Waals surface area (Å²) in [5, 5.41) is 2.32. The van der Waals surface area contributed by atoms with E-state index in [0.717, 1.165) is 44.1 Å². The summed E-state index contributed by atoms with van der Waals surface area (Å²) in [4.78, 5) is 18.2. The number of alkyl halides is 3. The minimum atomic E-state index is -4.70. The molecule has 3 saturated carbocycles. The Morgan fingerprint density at radius 2 is 1.75 bits per heavy atom. The Kier molecular flexibility index (Phi) is 7.78. The number of carbonyl (C=O) groups is 1. The Morgan fingerprint density at radius 1 is 1.11 bits per heavy atom. The normalized spacial score (nSPS) is 24.9. The highest BCUT2D eigenvalue weighted by Gasteiger charge is 2.42. The third-order valence-corrected chi connectivity index (χ3v) is 10.2. The molecule has 1 aromatic heterocycles. The smallest absolute Gasteiger partial charge is 0.433 e. The number of pyridine rings is 1. The van der Waals surface area contributed by atoms with Gasteiger partial charge in [0.05, 0.1) is 23.8 Å². The van der Waals surface area contributed by atoms with Crippen molar-refractivity contribution in [1.29, 1.82) is 0 Å². The molecule has 0 saturated heterocycles. The molecule has 1 N–H and O–H groups in total. The third-order valence-electron chi connectivity index (χ3n) is 7.69. The molecule has 0 aliphatic heterocycles. The summed E-state index contributed by atoms with van der Waals surface area (Å²) in [6, 6.07) is 0.826. The number of amides is 1. The number of halogens is 3. The minimum absolute atomic E-state index is 0.0276. The van der Waals surface area contributed by atoms with Crippen LogP contribution in [0.15, 0.2) is 6.07 Å². The summed E-state index contributed by atoms with van der Waals surface area (Å²) >= 11 is 0. The van der Waals surface area contributed by atoms with E-state index in [1.165, 1.54) is 38.9 Å². The number of anilines is 1. The van der Waals surface area contributed by atoms with E-state index in [1.807, 2.05) is 0 Å². The average molecular weight is 532 g/mol. The first kappa shape index (κ1) is 27.0. The Balaban J connectivity index is 1.55. The molecule has 1 amide bonds. The fourth-order valence-electron chi connectivity index (χ4n) is 5.48. The molecule has 3 unspecified atom stereocenters. The first-order chi connectivity index (χ1) is 16.9. The van der Waals surface area contributed by atoms with Gasteiger partial charge in [-0.15, -0.1) is 0 Å². The van der Waals surface area contributed by atoms with Crippen molar-refractivity contribution in [2.24, 2.45) is 23.7 Å². The van der Waals surface area contributed by atoms with Gasteiger partial charge in [0.25, 0.3) is 5.91 Å². The van der Waals surface area contributed by atoms with Crippen LogP contribution in [-0.4, -0.2) is 58.1 Å². The maximum absolute atomic E-state index is 13.4. The average Bonchev–Trinajstić information content (AvgIpc) is 3.73. The summed E-state index contributed by atoms with van der Waals surface area (Å²) in [6.07, 6.45) is 2.98. The number of hydrogen-bond acceptors (Lipinski definition) is 6. The Morgan fingerprint density at radius 3 is 2.31 bits per heavy atom. The predicted octanol–water partition coefficient (Wildman–Crippen LogP) is 4.31. The molecule has 202 valence electrons. The van der Waals surface area contributed by atoms with Gasteiger partial charge in [-0.25, -0.2) is 13.4 Å². The molecule has 1 aromatic rings. The fourth-order valence-corrected chi connectivity index (χ4v) is 8.00. The van der Waals surface area contributed by atoms with Gasteiger partial charge in [0.15, 0.2) is 15.5 Å². The first-order valence-electron chi connectivity index (χ1n) is 12.7. The van der Waals surface area contributed by atoms with Crippen molar-refractivity contribution in [1.82, 2.24) is 10.3 Å². The zero-order chi connectivity index (χ0) is 26.3. The van der Waals surface area contributed by atoms with E-state index in [1.54, 1.807) is 0 Å². The van der Waals surface area contributed by atoms with E-state index in [4.69, 9.17) is 4.74 Å². The molecule has 7 nitrogen and oxygen atoms in total. The maximum Gasteiger partial charge on any atom is 0.433 e. The topological polar surface area (TPSA) is 88.6 Å². The molecule has 4 rings (SSSR count). The van der Waals surface area contributed by atoms with Crippen LogP contribution in [0.2, 0.25) is 0 Å². The minimum Gasteiger partial charge on any atom is -0.480 e. The van der Waals surface area contributed by atoms with Crippen LogP contribution in [0.3, 0.4) is 0 Å². The SMILES string of the molecule is COc1nc(C(F)(F)F)cc(N(C)C)c1C(=O)NCC1CC(CC2CC2)CCC1S(=O)(=O)CC1CC1. The molecule has 3 atom stereocenters. The largest absolute Gasteiger partial charge is 0.480 e. The first-order valence-corrected chi connectivity index (χ1v) is 14.4. The van der Waals surface area contributed by atoms with E-state index in [-0.39, 0.29) is 35.4 Å². The van der Waals surface area contributed by atoms with Gasteiger partial charge in [-0.3, -0.25) is 4.79 Å². The van der Waals surface area contributed by atoms with Gasteiger partial charge < -0.3 is 15.0 Å².